The Morgan fingerprint density at radius 2 is 1.72 bits per heavy atom. The van der Waals surface area contributed by atoms with Gasteiger partial charge in [-0.05, 0) is 80.6 Å². The van der Waals surface area contributed by atoms with Gasteiger partial charge < -0.3 is 5.32 Å². The zero-order chi connectivity index (χ0) is 19.6. The van der Waals surface area contributed by atoms with E-state index in [1.54, 1.807) is 0 Å². The van der Waals surface area contributed by atoms with Gasteiger partial charge in [-0.25, -0.2) is 0 Å². The highest BCUT2D eigenvalue weighted by molar-refractivity contribution is 5.83. The maximum Gasteiger partial charge on any atom is 0.224 e. The molecule has 0 unspecified atom stereocenters. The van der Waals surface area contributed by atoms with Crippen molar-refractivity contribution in [2.45, 2.75) is 57.2 Å². The maximum absolute atomic E-state index is 12.5. The number of carbonyl (C=O) groups excluding carboxylic acids is 1. The molecule has 5 rings (SSSR count). The van der Waals surface area contributed by atoms with Crippen molar-refractivity contribution in [2.24, 2.45) is 5.92 Å². The topological polar surface area (TPSA) is 35.6 Å². The molecule has 2 aromatic carbocycles. The third-order valence-electron chi connectivity index (χ3n) is 7.04. The summed E-state index contributed by atoms with van der Waals surface area (Å²) in [7, 11) is 0. The molecule has 0 aromatic heterocycles. The Morgan fingerprint density at radius 1 is 0.931 bits per heavy atom. The summed E-state index contributed by atoms with van der Waals surface area (Å²) in [4.78, 5) is 17.7. The first-order valence-electron chi connectivity index (χ1n) is 11.5. The lowest BCUT2D eigenvalue weighted by molar-refractivity contribution is -0.127. The van der Waals surface area contributed by atoms with Crippen LogP contribution in [0.3, 0.4) is 0 Å². The van der Waals surface area contributed by atoms with Crippen molar-refractivity contribution >= 4 is 16.7 Å². The minimum absolute atomic E-state index is 0.208. The highest BCUT2D eigenvalue weighted by atomic mass is 16.2. The van der Waals surface area contributed by atoms with Gasteiger partial charge in [0.15, 0.2) is 0 Å². The summed E-state index contributed by atoms with van der Waals surface area (Å²) < 4.78 is 0. The molecule has 1 saturated carbocycles. The van der Waals surface area contributed by atoms with Gasteiger partial charge in [-0.2, -0.15) is 0 Å². The average molecular weight is 392 g/mol. The molecule has 154 valence electrons. The molecule has 29 heavy (non-hydrogen) atoms. The van der Waals surface area contributed by atoms with Gasteiger partial charge in [-0.1, -0.05) is 36.4 Å². The van der Waals surface area contributed by atoms with Crippen molar-refractivity contribution in [3.8, 4) is 0 Å². The second kappa shape index (κ2) is 8.45. The van der Waals surface area contributed by atoms with Crippen LogP contribution in [0, 0.1) is 5.92 Å². The Labute approximate surface area is 174 Å². The standard InChI is InChI=1S/C25H33N3O/c29-25(26-23-9-10-23)22-6-3-13-28(18-22)24-11-14-27(15-12-24)17-19-7-8-20-4-1-2-5-21(20)16-19/h1-2,4-5,7-8,16,22-24H,3,6,9-15,17-18H2,(H,26,29)/t22-/m0/s1. The molecule has 2 heterocycles. The number of hydrogen-bond donors (Lipinski definition) is 1. The number of nitrogens with one attached hydrogen (secondary N) is 1. The molecule has 1 amide bonds. The summed E-state index contributed by atoms with van der Waals surface area (Å²) in [5.41, 5.74) is 1.41. The molecule has 1 atom stereocenters. The number of benzene rings is 2. The number of fused-ring (bicyclic) bond motifs is 1. The van der Waals surface area contributed by atoms with E-state index < -0.39 is 0 Å². The van der Waals surface area contributed by atoms with Gasteiger partial charge in [-0.15, -0.1) is 0 Å². The number of likely N-dealkylation sites (tertiary alicyclic amines) is 2. The molecule has 3 aliphatic rings. The number of amides is 1. The number of hydrogen-bond acceptors (Lipinski definition) is 3. The quantitative estimate of drug-likeness (QED) is 0.842. The van der Waals surface area contributed by atoms with Crippen LogP contribution in [-0.2, 0) is 11.3 Å². The van der Waals surface area contributed by atoms with E-state index in [1.165, 1.54) is 55.0 Å². The maximum atomic E-state index is 12.5. The van der Waals surface area contributed by atoms with Crippen LogP contribution in [0.2, 0.25) is 0 Å². The molecule has 2 aliphatic heterocycles. The van der Waals surface area contributed by atoms with Crippen LogP contribution in [0.1, 0.15) is 44.1 Å². The van der Waals surface area contributed by atoms with Crippen molar-refractivity contribution < 1.29 is 4.79 Å². The van der Waals surface area contributed by atoms with Crippen molar-refractivity contribution in [3.05, 3.63) is 48.0 Å². The summed E-state index contributed by atoms with van der Waals surface area (Å²) >= 11 is 0. The van der Waals surface area contributed by atoms with E-state index in [1.807, 2.05) is 0 Å². The van der Waals surface area contributed by atoms with E-state index in [0.717, 1.165) is 32.6 Å². The Bertz CT molecular complexity index is 854. The first-order chi connectivity index (χ1) is 14.2. The minimum Gasteiger partial charge on any atom is -0.353 e. The van der Waals surface area contributed by atoms with Crippen LogP contribution in [0.25, 0.3) is 10.8 Å². The highest BCUT2D eigenvalue weighted by Gasteiger charge is 2.33. The average Bonchev–Trinajstić information content (AvgIpc) is 3.58. The lowest BCUT2D eigenvalue weighted by atomic mass is 9.93. The number of piperidine rings is 2. The third-order valence-corrected chi connectivity index (χ3v) is 7.04. The van der Waals surface area contributed by atoms with Crippen LogP contribution < -0.4 is 5.32 Å². The van der Waals surface area contributed by atoms with Gasteiger partial charge in [0.05, 0.1) is 5.92 Å². The lowest BCUT2D eigenvalue weighted by Crippen LogP contribution is -2.50. The molecule has 0 spiro atoms. The monoisotopic (exact) mass is 391 g/mol. The smallest absolute Gasteiger partial charge is 0.224 e. The molecule has 4 nitrogen and oxygen atoms in total. The normalized spacial score (nSPS) is 24.6. The van der Waals surface area contributed by atoms with Crippen molar-refractivity contribution in [3.63, 3.8) is 0 Å². The summed E-state index contributed by atoms with van der Waals surface area (Å²) in [6.45, 7) is 5.50. The van der Waals surface area contributed by atoms with Crippen LogP contribution in [0.4, 0.5) is 0 Å². The first kappa shape index (κ1) is 19.1. The molecule has 0 radical (unpaired) electrons. The van der Waals surface area contributed by atoms with Gasteiger partial charge in [0, 0.05) is 25.2 Å². The number of nitrogens with zero attached hydrogens (tertiary/aromatic N) is 2. The summed E-state index contributed by atoms with van der Waals surface area (Å²) in [5.74, 6) is 0.519. The van der Waals surface area contributed by atoms with E-state index >= 15 is 0 Å². The Hall–Kier alpha value is -1.91. The molecule has 2 saturated heterocycles. The van der Waals surface area contributed by atoms with E-state index in [9.17, 15) is 4.79 Å². The molecule has 0 bridgehead atoms. The number of carbonyl (C=O) groups is 1. The highest BCUT2D eigenvalue weighted by Crippen LogP contribution is 2.26. The van der Waals surface area contributed by atoms with E-state index in [4.69, 9.17) is 0 Å². The Balaban J connectivity index is 1.13. The molecule has 2 aromatic rings. The summed E-state index contributed by atoms with van der Waals surface area (Å²) in [6, 6.07) is 16.6. The largest absolute Gasteiger partial charge is 0.353 e. The third kappa shape index (κ3) is 4.65. The van der Waals surface area contributed by atoms with Crippen molar-refractivity contribution in [1.29, 1.82) is 0 Å². The molecule has 1 N–H and O–H groups in total. The number of rotatable bonds is 5. The molecule has 4 heteroatoms. The first-order valence-corrected chi connectivity index (χ1v) is 11.5. The van der Waals surface area contributed by atoms with Crippen LogP contribution >= 0.6 is 0 Å². The zero-order valence-electron chi connectivity index (χ0n) is 17.4. The SMILES string of the molecule is O=C(NC1CC1)[C@H]1CCCN(C2CCN(Cc3ccc4ccccc4c3)CC2)C1. The van der Waals surface area contributed by atoms with E-state index in [2.05, 4.69) is 57.6 Å². The predicted molar refractivity (Wildman–Crippen MR) is 118 cm³/mol. The second-order valence-corrected chi connectivity index (χ2v) is 9.31. The minimum atomic E-state index is 0.208. The van der Waals surface area contributed by atoms with Gasteiger partial charge >= 0.3 is 0 Å². The van der Waals surface area contributed by atoms with E-state index in [0.29, 0.717) is 18.0 Å². The fraction of sp³-hybridized carbons (Fsp3) is 0.560. The fourth-order valence-corrected chi connectivity index (χ4v) is 5.14. The van der Waals surface area contributed by atoms with Crippen molar-refractivity contribution in [1.82, 2.24) is 15.1 Å². The van der Waals surface area contributed by atoms with Gasteiger partial charge in [0.25, 0.3) is 0 Å². The summed E-state index contributed by atoms with van der Waals surface area (Å²) in [5, 5.41) is 5.88. The van der Waals surface area contributed by atoms with E-state index in [-0.39, 0.29) is 5.92 Å². The predicted octanol–water partition coefficient (Wildman–Crippen LogP) is 3.79. The zero-order valence-corrected chi connectivity index (χ0v) is 17.4. The van der Waals surface area contributed by atoms with Crippen LogP contribution in [0.15, 0.2) is 42.5 Å². The lowest BCUT2D eigenvalue weighted by Gasteiger charge is -2.42. The molecular formula is C25H33N3O. The Morgan fingerprint density at radius 3 is 2.52 bits per heavy atom. The second-order valence-electron chi connectivity index (χ2n) is 9.31. The van der Waals surface area contributed by atoms with Gasteiger partial charge in [-0.3, -0.25) is 14.6 Å². The van der Waals surface area contributed by atoms with Gasteiger partial charge in [0.1, 0.15) is 0 Å². The van der Waals surface area contributed by atoms with Gasteiger partial charge in [0.2, 0.25) is 5.91 Å². The van der Waals surface area contributed by atoms with Crippen molar-refractivity contribution in [2.75, 3.05) is 26.2 Å². The molecular weight excluding hydrogens is 358 g/mol. The Kier molecular flexibility index (Phi) is 5.56. The summed E-state index contributed by atoms with van der Waals surface area (Å²) in [6.07, 6.45) is 7.04. The van der Waals surface area contributed by atoms with Crippen LogP contribution in [-0.4, -0.2) is 54.0 Å². The molecule has 1 aliphatic carbocycles. The van der Waals surface area contributed by atoms with Crippen LogP contribution in [0.5, 0.6) is 0 Å². The fourth-order valence-electron chi connectivity index (χ4n) is 5.14. The molecule has 3 fully saturated rings.